The Morgan fingerprint density at radius 1 is 1.32 bits per heavy atom. The average Bonchev–Trinajstić information content (AvgIpc) is 3.23. The van der Waals surface area contributed by atoms with E-state index in [9.17, 15) is 9.59 Å². The molecule has 2 heterocycles. The van der Waals surface area contributed by atoms with E-state index in [-0.39, 0.29) is 17.9 Å². The Morgan fingerprint density at radius 2 is 2.12 bits per heavy atom. The number of hydrogen-bond acceptors (Lipinski definition) is 4. The van der Waals surface area contributed by atoms with E-state index in [4.69, 9.17) is 0 Å². The molecule has 2 aromatic heterocycles. The van der Waals surface area contributed by atoms with Gasteiger partial charge in [0.1, 0.15) is 11.0 Å². The van der Waals surface area contributed by atoms with Crippen molar-refractivity contribution in [3.63, 3.8) is 0 Å². The molecule has 134 valence electrons. The quantitative estimate of drug-likeness (QED) is 0.831. The van der Waals surface area contributed by atoms with Crippen LogP contribution >= 0.6 is 11.3 Å². The smallest absolute Gasteiger partial charge is 0.254 e. The zero-order chi connectivity index (χ0) is 17.8. The van der Waals surface area contributed by atoms with E-state index in [1.54, 1.807) is 34.5 Å². The van der Waals surface area contributed by atoms with Gasteiger partial charge in [0.2, 0.25) is 5.91 Å². The van der Waals surface area contributed by atoms with Gasteiger partial charge in [0.15, 0.2) is 0 Å². The summed E-state index contributed by atoms with van der Waals surface area (Å²) in [6.45, 7) is 4.43. The lowest BCUT2D eigenvalue weighted by Gasteiger charge is -2.16. The SMILES string of the molecule is CCNC(=O)c1c(NC(=O)[C@@H](CC)n2cccn2)sc2c1CCCC2. The van der Waals surface area contributed by atoms with Gasteiger partial charge in [-0.05, 0) is 50.7 Å². The maximum Gasteiger partial charge on any atom is 0.254 e. The highest BCUT2D eigenvalue weighted by atomic mass is 32.1. The molecule has 1 aliphatic rings. The van der Waals surface area contributed by atoms with Crippen molar-refractivity contribution in [3.8, 4) is 0 Å². The summed E-state index contributed by atoms with van der Waals surface area (Å²) < 4.78 is 1.66. The van der Waals surface area contributed by atoms with Crippen molar-refractivity contribution >= 4 is 28.2 Å². The first-order chi connectivity index (χ1) is 12.2. The molecule has 7 heteroatoms. The second-order valence-electron chi connectivity index (χ2n) is 6.17. The normalized spacial score (nSPS) is 14.6. The minimum Gasteiger partial charge on any atom is -0.352 e. The molecule has 0 fully saturated rings. The molecule has 3 rings (SSSR count). The van der Waals surface area contributed by atoms with Crippen LogP contribution in [-0.2, 0) is 17.6 Å². The monoisotopic (exact) mass is 360 g/mol. The topological polar surface area (TPSA) is 76.0 Å². The van der Waals surface area contributed by atoms with Gasteiger partial charge < -0.3 is 10.6 Å². The van der Waals surface area contributed by atoms with Gasteiger partial charge in [-0.2, -0.15) is 5.10 Å². The van der Waals surface area contributed by atoms with Crippen molar-refractivity contribution in [2.45, 2.75) is 52.0 Å². The lowest BCUT2D eigenvalue weighted by Crippen LogP contribution is -2.28. The number of thiophene rings is 1. The predicted octanol–water partition coefficient (Wildman–Crippen LogP) is 3.16. The van der Waals surface area contributed by atoms with Crippen LogP contribution in [0.15, 0.2) is 18.5 Å². The van der Waals surface area contributed by atoms with E-state index < -0.39 is 0 Å². The Bertz CT molecular complexity index is 751. The molecule has 0 saturated carbocycles. The Kier molecular flexibility index (Phi) is 5.53. The molecule has 0 saturated heterocycles. The third-order valence-electron chi connectivity index (χ3n) is 4.51. The molecule has 0 unspecified atom stereocenters. The zero-order valence-corrected chi connectivity index (χ0v) is 15.5. The van der Waals surface area contributed by atoms with E-state index in [0.29, 0.717) is 23.5 Å². The summed E-state index contributed by atoms with van der Waals surface area (Å²) in [5.74, 6) is -0.223. The molecule has 6 nitrogen and oxygen atoms in total. The molecular formula is C18H24N4O2S. The summed E-state index contributed by atoms with van der Waals surface area (Å²) in [5.41, 5.74) is 1.77. The van der Waals surface area contributed by atoms with E-state index in [2.05, 4.69) is 15.7 Å². The third kappa shape index (κ3) is 3.61. The van der Waals surface area contributed by atoms with Crippen LogP contribution in [0.4, 0.5) is 5.00 Å². The number of aryl methyl sites for hydroxylation is 1. The zero-order valence-electron chi connectivity index (χ0n) is 14.7. The van der Waals surface area contributed by atoms with Gasteiger partial charge in [-0.25, -0.2) is 0 Å². The molecule has 0 radical (unpaired) electrons. The lowest BCUT2D eigenvalue weighted by atomic mass is 9.95. The third-order valence-corrected chi connectivity index (χ3v) is 5.71. The summed E-state index contributed by atoms with van der Waals surface area (Å²) in [7, 11) is 0. The maximum atomic E-state index is 12.8. The van der Waals surface area contributed by atoms with Crippen LogP contribution in [0, 0.1) is 0 Å². The number of fused-ring (bicyclic) bond motifs is 1. The number of rotatable bonds is 6. The molecule has 1 aliphatic carbocycles. The number of aromatic nitrogens is 2. The minimum atomic E-state index is -0.379. The van der Waals surface area contributed by atoms with Crippen LogP contribution in [0.25, 0.3) is 0 Å². The Labute approximate surface area is 151 Å². The van der Waals surface area contributed by atoms with Gasteiger partial charge in [-0.3, -0.25) is 14.3 Å². The fraction of sp³-hybridized carbons (Fsp3) is 0.500. The van der Waals surface area contributed by atoms with Crippen molar-refractivity contribution in [2.75, 3.05) is 11.9 Å². The second-order valence-corrected chi connectivity index (χ2v) is 7.28. The van der Waals surface area contributed by atoms with Gasteiger partial charge in [0, 0.05) is 23.8 Å². The molecule has 0 aromatic carbocycles. The number of amides is 2. The highest BCUT2D eigenvalue weighted by Crippen LogP contribution is 2.38. The first kappa shape index (κ1) is 17.7. The van der Waals surface area contributed by atoms with Gasteiger partial charge in [-0.15, -0.1) is 11.3 Å². The molecule has 2 N–H and O–H groups in total. The van der Waals surface area contributed by atoms with Crippen molar-refractivity contribution < 1.29 is 9.59 Å². The predicted molar refractivity (Wildman–Crippen MR) is 99.2 cm³/mol. The first-order valence-electron chi connectivity index (χ1n) is 8.88. The number of carbonyl (C=O) groups is 2. The molecule has 25 heavy (non-hydrogen) atoms. The van der Waals surface area contributed by atoms with Gasteiger partial charge in [-0.1, -0.05) is 6.92 Å². The van der Waals surface area contributed by atoms with Gasteiger partial charge in [0.25, 0.3) is 5.91 Å². The first-order valence-corrected chi connectivity index (χ1v) is 9.70. The maximum absolute atomic E-state index is 12.8. The van der Waals surface area contributed by atoms with Crippen molar-refractivity contribution in [3.05, 3.63) is 34.5 Å². The van der Waals surface area contributed by atoms with Crippen LogP contribution < -0.4 is 10.6 Å². The number of hydrogen-bond donors (Lipinski definition) is 2. The number of anilines is 1. The minimum absolute atomic E-state index is 0.0932. The largest absolute Gasteiger partial charge is 0.352 e. The van der Waals surface area contributed by atoms with Crippen LogP contribution in [-0.4, -0.2) is 28.1 Å². The molecule has 1 atom stereocenters. The van der Waals surface area contributed by atoms with Gasteiger partial charge >= 0.3 is 0 Å². The fourth-order valence-corrected chi connectivity index (χ4v) is 4.59. The molecular weight excluding hydrogens is 336 g/mol. The Hall–Kier alpha value is -2.15. The molecule has 0 spiro atoms. The van der Waals surface area contributed by atoms with Crippen LogP contribution in [0.3, 0.4) is 0 Å². The fourth-order valence-electron chi connectivity index (χ4n) is 3.30. The Morgan fingerprint density at radius 3 is 2.80 bits per heavy atom. The number of nitrogens with one attached hydrogen (secondary N) is 2. The van der Waals surface area contributed by atoms with Gasteiger partial charge in [0.05, 0.1) is 5.56 Å². The summed E-state index contributed by atoms with van der Waals surface area (Å²) in [6, 6.07) is 1.43. The van der Waals surface area contributed by atoms with Crippen molar-refractivity contribution in [1.29, 1.82) is 0 Å². The van der Waals surface area contributed by atoms with E-state index in [0.717, 1.165) is 31.2 Å². The van der Waals surface area contributed by atoms with E-state index in [1.165, 1.54) is 4.88 Å². The van der Waals surface area contributed by atoms with Crippen LogP contribution in [0.1, 0.15) is 60.0 Å². The number of carbonyl (C=O) groups excluding carboxylic acids is 2. The number of nitrogens with zero attached hydrogens (tertiary/aromatic N) is 2. The molecule has 0 bridgehead atoms. The van der Waals surface area contributed by atoms with Crippen LogP contribution in [0.5, 0.6) is 0 Å². The van der Waals surface area contributed by atoms with Crippen molar-refractivity contribution in [1.82, 2.24) is 15.1 Å². The lowest BCUT2D eigenvalue weighted by molar-refractivity contribution is -0.119. The van der Waals surface area contributed by atoms with Crippen LogP contribution in [0.2, 0.25) is 0 Å². The van der Waals surface area contributed by atoms with E-state index in [1.807, 2.05) is 13.8 Å². The van der Waals surface area contributed by atoms with Crippen molar-refractivity contribution in [2.24, 2.45) is 0 Å². The highest BCUT2D eigenvalue weighted by molar-refractivity contribution is 7.17. The van der Waals surface area contributed by atoms with E-state index >= 15 is 0 Å². The Balaban J connectivity index is 1.89. The highest BCUT2D eigenvalue weighted by Gasteiger charge is 2.28. The standard InChI is InChI=1S/C18H24N4O2S/c1-3-13(22-11-7-10-20-22)16(23)21-18-15(17(24)19-4-2)12-8-5-6-9-14(12)25-18/h7,10-11,13H,3-6,8-9H2,1-2H3,(H,19,24)(H,21,23)/t13-/m1/s1. The summed E-state index contributed by atoms with van der Waals surface area (Å²) in [6.07, 6.45) is 8.21. The summed E-state index contributed by atoms with van der Waals surface area (Å²) >= 11 is 1.55. The average molecular weight is 360 g/mol. The summed E-state index contributed by atoms with van der Waals surface area (Å²) in [5, 5.41) is 10.7. The molecule has 2 aromatic rings. The second kappa shape index (κ2) is 7.82. The summed E-state index contributed by atoms with van der Waals surface area (Å²) in [4.78, 5) is 26.6. The molecule has 2 amide bonds. The molecule has 0 aliphatic heterocycles.